The number of nitrogens with one attached hydrogen (secondary N) is 1. The molecule has 0 fully saturated rings. The van der Waals surface area contributed by atoms with Crippen LogP contribution in [-0.2, 0) is 0 Å². The molecule has 0 unspecified atom stereocenters. The van der Waals surface area contributed by atoms with Crippen LogP contribution >= 0.6 is 35.1 Å². The van der Waals surface area contributed by atoms with Gasteiger partial charge in [-0.3, -0.25) is 9.52 Å². The number of halogens is 3. The molecule has 1 aromatic carbocycles. The number of hydrogen-bond donors (Lipinski definition) is 1. The van der Waals surface area contributed by atoms with E-state index in [4.69, 9.17) is 23.2 Å². The Morgan fingerprint density at radius 1 is 1.54 bits per heavy atom. The van der Waals surface area contributed by atoms with E-state index in [1.165, 1.54) is 12.1 Å². The van der Waals surface area contributed by atoms with Gasteiger partial charge in [-0.1, -0.05) is 17.7 Å². The van der Waals surface area contributed by atoms with Crippen molar-refractivity contribution in [3.63, 3.8) is 0 Å². The Kier molecular flexibility index (Phi) is 3.84. The minimum absolute atomic E-state index is 0.00817. The lowest BCUT2D eigenvalue weighted by Crippen LogP contribution is -2.05. The average molecular weight is 240 g/mol. The fourth-order valence-corrected chi connectivity index (χ4v) is 1.54. The van der Waals surface area contributed by atoms with Crippen molar-refractivity contribution in [2.24, 2.45) is 0 Å². The summed E-state index contributed by atoms with van der Waals surface area (Å²) >= 11 is 11.3. The molecule has 70 valence electrons. The van der Waals surface area contributed by atoms with E-state index in [1.54, 1.807) is 6.07 Å². The lowest BCUT2D eigenvalue weighted by atomic mass is 10.3. The molecule has 0 saturated carbocycles. The zero-order valence-corrected chi connectivity index (χ0v) is 8.51. The molecule has 0 atom stereocenters. The molecule has 1 amide bonds. The topological polar surface area (TPSA) is 29.1 Å². The highest BCUT2D eigenvalue weighted by atomic mass is 35.5. The second-order valence-corrected chi connectivity index (χ2v) is 3.63. The summed E-state index contributed by atoms with van der Waals surface area (Å²) in [7, 11) is 0. The van der Waals surface area contributed by atoms with E-state index in [2.05, 4.69) is 4.72 Å². The van der Waals surface area contributed by atoms with Crippen LogP contribution in [0.25, 0.3) is 0 Å². The Morgan fingerprint density at radius 2 is 2.23 bits per heavy atom. The minimum atomic E-state index is -0.760. The summed E-state index contributed by atoms with van der Waals surface area (Å²) in [6, 6.07) is 4.48. The first-order valence-electron chi connectivity index (χ1n) is 3.17. The highest BCUT2D eigenvalue weighted by molar-refractivity contribution is 7.98. The van der Waals surface area contributed by atoms with Crippen molar-refractivity contribution in [2.45, 2.75) is 4.90 Å². The summed E-state index contributed by atoms with van der Waals surface area (Å²) in [4.78, 5) is 10.5. The second-order valence-electron chi connectivity index (χ2n) is 2.03. The maximum absolute atomic E-state index is 13.1. The Hall–Kier alpha value is -0.450. The van der Waals surface area contributed by atoms with Crippen molar-refractivity contribution in [1.82, 2.24) is 4.72 Å². The molecular weight excluding hydrogens is 236 g/mol. The van der Waals surface area contributed by atoms with Crippen LogP contribution in [0.5, 0.6) is 0 Å². The van der Waals surface area contributed by atoms with Gasteiger partial charge in [-0.2, -0.15) is 0 Å². The third-order valence-electron chi connectivity index (χ3n) is 1.16. The van der Waals surface area contributed by atoms with Crippen LogP contribution < -0.4 is 4.72 Å². The molecule has 0 aliphatic rings. The molecule has 0 spiro atoms. The molecule has 0 aliphatic heterocycles. The highest BCUT2D eigenvalue weighted by Gasteiger charge is 2.07. The van der Waals surface area contributed by atoms with Crippen LogP contribution in [0.1, 0.15) is 0 Å². The van der Waals surface area contributed by atoms with E-state index in [0.29, 0.717) is 0 Å². The average Bonchev–Trinajstić information content (AvgIpc) is 2.07. The van der Waals surface area contributed by atoms with Crippen LogP contribution in [-0.4, -0.2) is 5.37 Å². The van der Waals surface area contributed by atoms with Gasteiger partial charge in [-0.05, 0) is 35.7 Å². The van der Waals surface area contributed by atoms with Crippen LogP contribution in [0, 0.1) is 5.82 Å². The first-order chi connectivity index (χ1) is 6.11. The predicted molar refractivity (Wildman–Crippen MR) is 51.7 cm³/mol. The van der Waals surface area contributed by atoms with Crippen molar-refractivity contribution in [1.29, 1.82) is 0 Å². The van der Waals surface area contributed by atoms with Gasteiger partial charge in [0, 0.05) is 0 Å². The summed E-state index contributed by atoms with van der Waals surface area (Å²) in [5.74, 6) is -0.570. The molecule has 1 rings (SSSR count). The standard InChI is InChI=1S/C7H4Cl2FNOS/c8-4-2-1-3-5(6(4)10)13-11-7(9)12/h1-3H,(H,11,12). The van der Waals surface area contributed by atoms with Gasteiger partial charge in [0.15, 0.2) is 5.82 Å². The fourth-order valence-electron chi connectivity index (χ4n) is 0.658. The van der Waals surface area contributed by atoms with Gasteiger partial charge in [-0.25, -0.2) is 4.39 Å². The van der Waals surface area contributed by atoms with Gasteiger partial charge in [0.05, 0.1) is 9.92 Å². The minimum Gasteiger partial charge on any atom is -0.282 e. The van der Waals surface area contributed by atoms with Gasteiger partial charge >= 0.3 is 5.37 Å². The molecule has 13 heavy (non-hydrogen) atoms. The van der Waals surface area contributed by atoms with Crippen molar-refractivity contribution in [3.05, 3.63) is 29.0 Å². The SMILES string of the molecule is O=C(Cl)NSc1cccc(Cl)c1F. The third kappa shape index (κ3) is 3.06. The second kappa shape index (κ2) is 4.69. The summed E-state index contributed by atoms with van der Waals surface area (Å²) in [6.45, 7) is 0. The molecule has 0 heterocycles. The lowest BCUT2D eigenvalue weighted by Gasteiger charge is -2.02. The molecule has 0 aliphatic carbocycles. The maximum Gasteiger partial charge on any atom is 0.323 e. The Bertz CT molecular complexity index is 334. The number of rotatable bonds is 2. The number of carbonyl (C=O) groups excluding carboxylic acids is 1. The Morgan fingerprint density at radius 3 is 2.85 bits per heavy atom. The van der Waals surface area contributed by atoms with Crippen molar-refractivity contribution >= 4 is 40.5 Å². The molecular formula is C7H4Cl2FNOS. The number of carbonyl (C=O) groups is 1. The molecule has 0 bridgehead atoms. The van der Waals surface area contributed by atoms with Gasteiger partial charge < -0.3 is 0 Å². The van der Waals surface area contributed by atoms with E-state index in [-0.39, 0.29) is 9.92 Å². The van der Waals surface area contributed by atoms with Crippen LogP contribution in [0.3, 0.4) is 0 Å². The Labute approximate surface area is 88.5 Å². The maximum atomic E-state index is 13.1. The fraction of sp³-hybridized carbons (Fsp3) is 0. The first-order valence-corrected chi connectivity index (χ1v) is 4.75. The molecule has 1 N–H and O–H groups in total. The van der Waals surface area contributed by atoms with Crippen LogP contribution in [0.15, 0.2) is 23.1 Å². The summed E-state index contributed by atoms with van der Waals surface area (Å²) in [6.07, 6.45) is 0. The van der Waals surface area contributed by atoms with Gasteiger partial charge in [0.25, 0.3) is 0 Å². The molecule has 0 aromatic heterocycles. The predicted octanol–water partition coefficient (Wildman–Crippen LogP) is 3.43. The Balaban J connectivity index is 2.77. The lowest BCUT2D eigenvalue weighted by molar-refractivity contribution is 0.264. The number of benzene rings is 1. The van der Waals surface area contributed by atoms with E-state index >= 15 is 0 Å². The monoisotopic (exact) mass is 239 g/mol. The molecule has 6 heteroatoms. The number of hydrogen-bond acceptors (Lipinski definition) is 2. The van der Waals surface area contributed by atoms with Crippen LogP contribution in [0.4, 0.5) is 9.18 Å². The van der Waals surface area contributed by atoms with Gasteiger partial charge in [0.1, 0.15) is 0 Å². The largest absolute Gasteiger partial charge is 0.323 e. The van der Waals surface area contributed by atoms with Crippen molar-refractivity contribution in [3.8, 4) is 0 Å². The quantitative estimate of drug-likeness (QED) is 0.487. The molecule has 2 nitrogen and oxygen atoms in total. The first kappa shape index (κ1) is 10.6. The molecule has 0 radical (unpaired) electrons. The van der Waals surface area contributed by atoms with E-state index in [1.807, 2.05) is 0 Å². The van der Waals surface area contributed by atoms with Gasteiger partial charge in [0.2, 0.25) is 0 Å². The highest BCUT2D eigenvalue weighted by Crippen LogP contribution is 2.24. The summed E-state index contributed by atoms with van der Waals surface area (Å²) in [5.41, 5.74) is 0. The van der Waals surface area contributed by atoms with E-state index in [9.17, 15) is 9.18 Å². The van der Waals surface area contributed by atoms with Crippen molar-refractivity contribution < 1.29 is 9.18 Å². The number of amides is 1. The summed E-state index contributed by atoms with van der Waals surface area (Å²) < 4.78 is 15.3. The summed E-state index contributed by atoms with van der Waals surface area (Å²) in [5, 5.41) is -0.752. The van der Waals surface area contributed by atoms with Gasteiger partial charge in [-0.15, -0.1) is 0 Å². The normalized spacial score (nSPS) is 9.77. The smallest absolute Gasteiger partial charge is 0.282 e. The molecule has 1 aromatic rings. The third-order valence-corrected chi connectivity index (χ3v) is 2.48. The molecule has 0 saturated heterocycles. The van der Waals surface area contributed by atoms with E-state index < -0.39 is 11.2 Å². The van der Waals surface area contributed by atoms with E-state index in [0.717, 1.165) is 11.9 Å². The van der Waals surface area contributed by atoms with Crippen LogP contribution in [0.2, 0.25) is 5.02 Å². The van der Waals surface area contributed by atoms with Crippen molar-refractivity contribution in [2.75, 3.05) is 0 Å². The zero-order valence-electron chi connectivity index (χ0n) is 6.18. The zero-order chi connectivity index (χ0) is 9.84.